The number of carbonyl (C=O) groups excluding carboxylic acids is 1. The van der Waals surface area contributed by atoms with Crippen LogP contribution in [0.3, 0.4) is 0 Å². The second kappa shape index (κ2) is 6.95. The lowest BCUT2D eigenvalue weighted by Gasteiger charge is -2.39. The van der Waals surface area contributed by atoms with Crippen LogP contribution in [-0.2, 0) is 0 Å². The van der Waals surface area contributed by atoms with Gasteiger partial charge in [0, 0.05) is 6.54 Å². The highest BCUT2D eigenvalue weighted by molar-refractivity contribution is 6.32. The first kappa shape index (κ1) is 17.0. The van der Waals surface area contributed by atoms with E-state index >= 15 is 0 Å². The predicted molar refractivity (Wildman–Crippen MR) is 93.6 cm³/mol. The molecule has 0 saturated carbocycles. The monoisotopic (exact) mass is 347 g/mol. The number of halogens is 1. The molecule has 1 aliphatic heterocycles. The minimum absolute atomic E-state index is 0.00932. The summed E-state index contributed by atoms with van der Waals surface area (Å²) in [6, 6.07) is 7.29. The normalized spacial score (nSPS) is 21.1. The fraction of sp³-hybridized carbons (Fsp3) is 0.444. The molecular weight excluding hydrogens is 326 g/mol. The second-order valence-corrected chi connectivity index (χ2v) is 6.78. The van der Waals surface area contributed by atoms with Gasteiger partial charge in [0.25, 0.3) is 5.91 Å². The zero-order valence-corrected chi connectivity index (χ0v) is 14.7. The molecule has 1 amide bonds. The molecule has 5 nitrogen and oxygen atoms in total. The number of rotatable bonds is 3. The van der Waals surface area contributed by atoms with Crippen molar-refractivity contribution in [3.63, 3.8) is 0 Å². The fourth-order valence-electron chi connectivity index (χ4n) is 3.42. The Hall–Kier alpha value is -1.85. The predicted octanol–water partition coefficient (Wildman–Crippen LogP) is 3.07. The summed E-state index contributed by atoms with van der Waals surface area (Å²) in [5.74, 6) is 0.225. The van der Waals surface area contributed by atoms with Crippen LogP contribution < -0.4 is 0 Å². The maximum Gasteiger partial charge on any atom is 0.257 e. The Labute approximate surface area is 146 Å². The van der Waals surface area contributed by atoms with Crippen LogP contribution in [0, 0.1) is 12.8 Å². The highest BCUT2D eigenvalue weighted by Crippen LogP contribution is 2.27. The summed E-state index contributed by atoms with van der Waals surface area (Å²) >= 11 is 6.24. The Morgan fingerprint density at radius 2 is 2.17 bits per heavy atom. The Balaban J connectivity index is 1.93. The summed E-state index contributed by atoms with van der Waals surface area (Å²) in [6.45, 7) is 4.61. The number of aliphatic hydroxyl groups excluding tert-OH is 1. The smallest absolute Gasteiger partial charge is 0.257 e. The zero-order chi connectivity index (χ0) is 17.3. The van der Waals surface area contributed by atoms with E-state index in [2.05, 4.69) is 12.0 Å². The van der Waals surface area contributed by atoms with E-state index in [0.717, 1.165) is 24.2 Å². The van der Waals surface area contributed by atoms with Crippen molar-refractivity contribution in [2.24, 2.45) is 5.92 Å². The highest BCUT2D eigenvalue weighted by Gasteiger charge is 2.33. The Morgan fingerprint density at radius 3 is 2.88 bits per heavy atom. The summed E-state index contributed by atoms with van der Waals surface area (Å²) in [7, 11) is 0. The van der Waals surface area contributed by atoms with Gasteiger partial charge in [-0.05, 0) is 37.8 Å². The van der Waals surface area contributed by atoms with Gasteiger partial charge in [-0.1, -0.05) is 30.7 Å². The number of benzene rings is 1. The largest absolute Gasteiger partial charge is 0.394 e. The lowest BCUT2D eigenvalue weighted by atomic mass is 9.91. The molecule has 0 spiro atoms. The number of piperidine rings is 1. The van der Waals surface area contributed by atoms with Gasteiger partial charge in [0.15, 0.2) is 0 Å². The van der Waals surface area contributed by atoms with Gasteiger partial charge < -0.3 is 10.0 Å². The van der Waals surface area contributed by atoms with E-state index in [1.54, 1.807) is 21.8 Å². The molecule has 0 bridgehead atoms. The first-order chi connectivity index (χ1) is 11.5. The summed E-state index contributed by atoms with van der Waals surface area (Å²) in [5.41, 5.74) is 2.06. The van der Waals surface area contributed by atoms with Crippen LogP contribution in [0.2, 0.25) is 5.02 Å². The maximum atomic E-state index is 13.0. The van der Waals surface area contributed by atoms with Crippen LogP contribution in [0.15, 0.2) is 30.5 Å². The van der Waals surface area contributed by atoms with Gasteiger partial charge in [-0.15, -0.1) is 0 Å². The Morgan fingerprint density at radius 1 is 1.42 bits per heavy atom. The van der Waals surface area contributed by atoms with E-state index in [9.17, 15) is 9.90 Å². The molecule has 2 aromatic rings. The first-order valence-corrected chi connectivity index (χ1v) is 8.63. The van der Waals surface area contributed by atoms with Crippen molar-refractivity contribution in [3.8, 4) is 5.69 Å². The molecule has 1 aromatic heterocycles. The van der Waals surface area contributed by atoms with Crippen molar-refractivity contribution in [2.45, 2.75) is 32.7 Å². The van der Waals surface area contributed by atoms with Crippen molar-refractivity contribution < 1.29 is 9.90 Å². The van der Waals surface area contributed by atoms with Crippen molar-refractivity contribution >= 4 is 17.5 Å². The van der Waals surface area contributed by atoms with Crippen LogP contribution in [0.25, 0.3) is 5.69 Å². The lowest BCUT2D eigenvalue weighted by Crippen LogP contribution is -2.49. The molecule has 6 heteroatoms. The first-order valence-electron chi connectivity index (χ1n) is 8.26. The number of hydrogen-bond donors (Lipinski definition) is 1. The Bertz CT molecular complexity index is 744. The molecule has 1 aromatic carbocycles. The summed E-state index contributed by atoms with van der Waals surface area (Å²) in [5, 5.41) is 14.6. The minimum atomic E-state index is -0.130. The van der Waals surface area contributed by atoms with Crippen LogP contribution in [0.1, 0.15) is 35.8 Å². The van der Waals surface area contributed by atoms with Gasteiger partial charge in [-0.25, -0.2) is 4.68 Å². The van der Waals surface area contributed by atoms with Crippen molar-refractivity contribution in [1.82, 2.24) is 14.7 Å². The molecule has 1 fully saturated rings. The number of nitrogens with zero attached hydrogens (tertiary/aromatic N) is 3. The molecule has 0 aliphatic carbocycles. The van der Waals surface area contributed by atoms with Gasteiger partial charge in [0.1, 0.15) is 0 Å². The summed E-state index contributed by atoms with van der Waals surface area (Å²) < 4.78 is 1.69. The highest BCUT2D eigenvalue weighted by atomic mass is 35.5. The number of hydrogen-bond acceptors (Lipinski definition) is 3. The zero-order valence-electron chi connectivity index (χ0n) is 13.9. The molecule has 3 rings (SSSR count). The van der Waals surface area contributed by atoms with Gasteiger partial charge in [-0.3, -0.25) is 4.79 Å². The van der Waals surface area contributed by atoms with Crippen LogP contribution in [0.4, 0.5) is 0 Å². The molecule has 24 heavy (non-hydrogen) atoms. The molecule has 2 atom stereocenters. The van der Waals surface area contributed by atoms with E-state index in [1.807, 2.05) is 25.1 Å². The SMILES string of the molecule is Cc1c(C(=O)N2CCCC(C)C2CO)cnn1-c1ccccc1Cl. The van der Waals surface area contributed by atoms with Gasteiger partial charge in [0.2, 0.25) is 0 Å². The molecule has 1 aliphatic rings. The van der Waals surface area contributed by atoms with E-state index < -0.39 is 0 Å². The molecule has 1 saturated heterocycles. The molecule has 2 unspecified atom stereocenters. The van der Waals surface area contributed by atoms with Crippen molar-refractivity contribution in [2.75, 3.05) is 13.2 Å². The van der Waals surface area contributed by atoms with Crippen molar-refractivity contribution in [3.05, 3.63) is 46.7 Å². The van der Waals surface area contributed by atoms with Crippen LogP contribution >= 0.6 is 11.6 Å². The van der Waals surface area contributed by atoms with E-state index in [-0.39, 0.29) is 18.6 Å². The Kier molecular flexibility index (Phi) is 4.92. The standard InChI is InChI=1S/C18H22ClN3O2/c1-12-6-5-9-21(17(12)11-23)18(24)14-10-20-22(13(14)2)16-8-4-3-7-15(16)19/h3-4,7-8,10,12,17,23H,5-6,9,11H2,1-2H3. The van der Waals surface area contributed by atoms with Crippen LogP contribution in [-0.4, -0.2) is 44.9 Å². The van der Waals surface area contributed by atoms with Gasteiger partial charge in [0.05, 0.1) is 40.8 Å². The average Bonchev–Trinajstić information content (AvgIpc) is 2.96. The van der Waals surface area contributed by atoms with E-state index in [1.165, 1.54) is 0 Å². The van der Waals surface area contributed by atoms with E-state index in [0.29, 0.717) is 23.0 Å². The van der Waals surface area contributed by atoms with Crippen molar-refractivity contribution in [1.29, 1.82) is 0 Å². The van der Waals surface area contributed by atoms with E-state index in [4.69, 9.17) is 11.6 Å². The molecule has 128 valence electrons. The number of aromatic nitrogens is 2. The average molecular weight is 348 g/mol. The van der Waals surface area contributed by atoms with Crippen LogP contribution in [0.5, 0.6) is 0 Å². The molecule has 0 radical (unpaired) electrons. The third kappa shape index (κ3) is 2.94. The summed E-state index contributed by atoms with van der Waals surface area (Å²) in [4.78, 5) is 14.8. The molecule has 1 N–H and O–H groups in total. The van der Waals surface area contributed by atoms with Gasteiger partial charge >= 0.3 is 0 Å². The third-order valence-electron chi connectivity index (χ3n) is 4.88. The third-order valence-corrected chi connectivity index (χ3v) is 5.20. The molecule has 2 heterocycles. The second-order valence-electron chi connectivity index (χ2n) is 6.37. The summed E-state index contributed by atoms with van der Waals surface area (Å²) in [6.07, 6.45) is 3.59. The topological polar surface area (TPSA) is 58.4 Å². The number of para-hydroxylation sites is 1. The molecular formula is C18H22ClN3O2. The number of likely N-dealkylation sites (tertiary alicyclic amines) is 1. The van der Waals surface area contributed by atoms with Gasteiger partial charge in [-0.2, -0.15) is 5.10 Å². The quantitative estimate of drug-likeness (QED) is 0.928. The number of amides is 1. The minimum Gasteiger partial charge on any atom is -0.394 e. The number of aliphatic hydroxyl groups is 1. The lowest BCUT2D eigenvalue weighted by molar-refractivity contribution is 0.0358. The number of carbonyl (C=O) groups is 1. The maximum absolute atomic E-state index is 13.0. The fourth-order valence-corrected chi connectivity index (χ4v) is 3.64.